The van der Waals surface area contributed by atoms with Gasteiger partial charge in [-0.25, -0.2) is 4.98 Å². The van der Waals surface area contributed by atoms with Crippen molar-refractivity contribution in [3.63, 3.8) is 0 Å². The summed E-state index contributed by atoms with van der Waals surface area (Å²) in [6.07, 6.45) is 2.04. The molecule has 2 N–H and O–H groups in total. The van der Waals surface area contributed by atoms with Crippen LogP contribution in [0.25, 0.3) is 0 Å². The first kappa shape index (κ1) is 20.2. The summed E-state index contributed by atoms with van der Waals surface area (Å²) in [5, 5.41) is 6.41. The van der Waals surface area contributed by atoms with Crippen LogP contribution in [-0.2, 0) is 27.3 Å². The molecule has 0 bridgehead atoms. The summed E-state index contributed by atoms with van der Waals surface area (Å²) in [4.78, 5) is 32.5. The third-order valence-corrected chi connectivity index (χ3v) is 6.45. The first-order valence-corrected chi connectivity index (χ1v) is 11.3. The summed E-state index contributed by atoms with van der Waals surface area (Å²) in [6, 6.07) is 5.40. The molecule has 0 saturated carbocycles. The highest BCUT2D eigenvalue weighted by atomic mass is 32.1. The predicted molar refractivity (Wildman–Crippen MR) is 115 cm³/mol. The van der Waals surface area contributed by atoms with Gasteiger partial charge in [0.15, 0.2) is 16.6 Å². The number of amides is 2. The molecule has 31 heavy (non-hydrogen) atoms. The zero-order chi connectivity index (χ0) is 21.2. The van der Waals surface area contributed by atoms with Gasteiger partial charge in [-0.15, -0.1) is 11.3 Å². The van der Waals surface area contributed by atoms with E-state index in [1.165, 1.54) is 11.3 Å². The van der Waals surface area contributed by atoms with Crippen LogP contribution in [0.3, 0.4) is 0 Å². The van der Waals surface area contributed by atoms with Crippen molar-refractivity contribution in [3.05, 3.63) is 28.8 Å². The molecule has 1 aromatic heterocycles. The van der Waals surface area contributed by atoms with Crippen LogP contribution >= 0.6 is 11.3 Å². The van der Waals surface area contributed by atoms with Gasteiger partial charge in [0.2, 0.25) is 5.91 Å². The second-order valence-electron chi connectivity index (χ2n) is 7.75. The number of rotatable bonds is 5. The average Bonchev–Trinajstić information content (AvgIpc) is 3.43. The lowest BCUT2D eigenvalue weighted by atomic mass is 10.2. The highest BCUT2D eigenvalue weighted by Gasteiger charge is 2.27. The fraction of sp³-hybridized carbons (Fsp3) is 0.476. The van der Waals surface area contributed by atoms with Crippen LogP contribution in [-0.4, -0.2) is 60.7 Å². The molecular formula is C21H24N4O5S. The Balaban J connectivity index is 1.16. The van der Waals surface area contributed by atoms with Crippen molar-refractivity contribution in [1.82, 2.24) is 9.88 Å². The average molecular weight is 445 g/mol. The number of hydrogen-bond acceptors (Lipinski definition) is 8. The van der Waals surface area contributed by atoms with Gasteiger partial charge in [-0.05, 0) is 25.0 Å². The van der Waals surface area contributed by atoms with Crippen LogP contribution in [0, 0.1) is 0 Å². The number of fused-ring (bicyclic) bond motifs is 2. The van der Waals surface area contributed by atoms with Crippen LogP contribution in [0.1, 0.15) is 23.4 Å². The first-order valence-electron chi connectivity index (χ1n) is 10.5. The Morgan fingerprint density at radius 2 is 2.03 bits per heavy atom. The Kier molecular flexibility index (Phi) is 5.75. The van der Waals surface area contributed by atoms with Gasteiger partial charge < -0.3 is 19.5 Å². The van der Waals surface area contributed by atoms with E-state index < -0.39 is 0 Å². The van der Waals surface area contributed by atoms with Crippen LogP contribution in [0.4, 0.5) is 10.8 Å². The van der Waals surface area contributed by atoms with Crippen molar-refractivity contribution in [1.29, 1.82) is 0 Å². The Morgan fingerprint density at radius 1 is 1.16 bits per heavy atom. The van der Waals surface area contributed by atoms with Gasteiger partial charge in [-0.2, -0.15) is 0 Å². The lowest BCUT2D eigenvalue weighted by molar-refractivity contribution is -0.124. The highest BCUT2D eigenvalue weighted by molar-refractivity contribution is 7.15. The van der Waals surface area contributed by atoms with E-state index in [1.807, 2.05) is 6.07 Å². The predicted octanol–water partition coefficient (Wildman–Crippen LogP) is 2.03. The van der Waals surface area contributed by atoms with Gasteiger partial charge in [0.05, 0.1) is 12.2 Å². The molecule has 5 rings (SSSR count). The molecule has 0 radical (unpaired) electrons. The minimum atomic E-state index is -0.373. The minimum absolute atomic E-state index is 0.0865. The number of carbonyl (C=O) groups excluding carboxylic acids is 2. The van der Waals surface area contributed by atoms with Crippen molar-refractivity contribution in [2.45, 2.75) is 31.9 Å². The van der Waals surface area contributed by atoms with Crippen LogP contribution in [0.5, 0.6) is 11.5 Å². The molecule has 4 heterocycles. The largest absolute Gasteiger partial charge is 0.486 e. The SMILES string of the molecule is O=C(CN1CCc2nc(NC(=O)C3CCCO3)sc2C1)Nc1ccc2c(c1)OCCO2. The normalized spacial score (nSPS) is 20.2. The number of nitrogens with zero attached hydrogens (tertiary/aromatic N) is 2. The van der Waals surface area contributed by atoms with Gasteiger partial charge in [-0.3, -0.25) is 19.8 Å². The quantitative estimate of drug-likeness (QED) is 0.728. The molecule has 1 saturated heterocycles. The monoisotopic (exact) mass is 444 g/mol. The van der Waals surface area contributed by atoms with E-state index in [1.54, 1.807) is 12.1 Å². The summed E-state index contributed by atoms with van der Waals surface area (Å²) in [5.41, 5.74) is 1.68. The summed E-state index contributed by atoms with van der Waals surface area (Å²) in [6.45, 7) is 3.33. The third-order valence-electron chi connectivity index (χ3n) is 5.46. The summed E-state index contributed by atoms with van der Waals surface area (Å²) < 4.78 is 16.5. The maximum Gasteiger partial charge on any atom is 0.255 e. The van der Waals surface area contributed by atoms with Gasteiger partial charge in [0.25, 0.3) is 5.91 Å². The fourth-order valence-corrected chi connectivity index (χ4v) is 4.99. The number of benzene rings is 1. The third kappa shape index (κ3) is 4.65. The molecule has 3 aliphatic rings. The van der Waals surface area contributed by atoms with Crippen LogP contribution in [0.2, 0.25) is 0 Å². The van der Waals surface area contributed by atoms with E-state index in [-0.39, 0.29) is 24.5 Å². The molecule has 2 amide bonds. The second kappa shape index (κ2) is 8.81. The molecule has 164 valence electrons. The molecule has 1 fully saturated rings. The summed E-state index contributed by atoms with van der Waals surface area (Å²) in [7, 11) is 0. The fourth-order valence-electron chi connectivity index (χ4n) is 3.93. The zero-order valence-electron chi connectivity index (χ0n) is 17.0. The van der Waals surface area contributed by atoms with Crippen LogP contribution in [0.15, 0.2) is 18.2 Å². The number of carbonyl (C=O) groups is 2. The Morgan fingerprint density at radius 3 is 2.87 bits per heavy atom. The second-order valence-corrected chi connectivity index (χ2v) is 8.83. The minimum Gasteiger partial charge on any atom is -0.486 e. The number of thiazole rings is 1. The Labute approximate surface area is 183 Å². The molecule has 0 aliphatic carbocycles. The number of ether oxygens (including phenoxy) is 3. The highest BCUT2D eigenvalue weighted by Crippen LogP contribution is 2.33. The molecule has 9 nitrogen and oxygen atoms in total. The number of nitrogens with one attached hydrogen (secondary N) is 2. The van der Waals surface area contributed by atoms with Crippen molar-refractivity contribution < 1.29 is 23.8 Å². The van der Waals surface area contributed by atoms with Gasteiger partial charge in [0, 0.05) is 42.7 Å². The van der Waals surface area contributed by atoms with Crippen LogP contribution < -0.4 is 20.1 Å². The first-order chi connectivity index (χ1) is 15.1. The molecule has 0 spiro atoms. The number of anilines is 2. The molecule has 1 aromatic carbocycles. The molecule has 1 atom stereocenters. The molecule has 2 aromatic rings. The molecular weight excluding hydrogens is 420 g/mol. The number of hydrogen-bond donors (Lipinski definition) is 2. The van der Waals surface area contributed by atoms with E-state index in [0.29, 0.717) is 48.7 Å². The molecule has 10 heteroatoms. The maximum atomic E-state index is 12.6. The Bertz CT molecular complexity index is 988. The van der Waals surface area contributed by atoms with Crippen molar-refractivity contribution in [3.8, 4) is 11.5 Å². The van der Waals surface area contributed by atoms with Crippen molar-refractivity contribution in [2.24, 2.45) is 0 Å². The standard InChI is InChI=1S/C21H24N4O5S/c26-19(22-13-3-4-15-17(10-13)30-9-8-29-15)12-25-6-5-14-18(11-25)31-21(23-14)24-20(27)16-2-1-7-28-16/h3-4,10,16H,1-2,5-9,11-12H2,(H,22,26)(H,23,24,27). The van der Waals surface area contributed by atoms with E-state index >= 15 is 0 Å². The molecule has 1 unspecified atom stereocenters. The van der Waals surface area contributed by atoms with Gasteiger partial charge in [-0.1, -0.05) is 0 Å². The van der Waals surface area contributed by atoms with Gasteiger partial charge >= 0.3 is 0 Å². The Hall–Kier alpha value is -2.69. The van der Waals surface area contributed by atoms with Crippen molar-refractivity contribution >= 4 is 34.0 Å². The van der Waals surface area contributed by atoms with Gasteiger partial charge in [0.1, 0.15) is 19.3 Å². The zero-order valence-corrected chi connectivity index (χ0v) is 17.8. The topological polar surface area (TPSA) is 102 Å². The maximum absolute atomic E-state index is 12.6. The lowest BCUT2D eigenvalue weighted by Gasteiger charge is -2.25. The lowest BCUT2D eigenvalue weighted by Crippen LogP contribution is -2.36. The van der Waals surface area contributed by atoms with Crippen molar-refractivity contribution in [2.75, 3.05) is 43.5 Å². The summed E-state index contributed by atoms with van der Waals surface area (Å²) in [5.74, 6) is 1.13. The van der Waals surface area contributed by atoms with E-state index in [2.05, 4.69) is 20.5 Å². The van der Waals surface area contributed by atoms with E-state index in [0.717, 1.165) is 36.4 Å². The molecule has 3 aliphatic heterocycles. The number of aromatic nitrogens is 1. The van der Waals surface area contributed by atoms with E-state index in [4.69, 9.17) is 14.2 Å². The summed E-state index contributed by atoms with van der Waals surface area (Å²) >= 11 is 1.47. The van der Waals surface area contributed by atoms with E-state index in [9.17, 15) is 9.59 Å². The smallest absolute Gasteiger partial charge is 0.255 e.